The molecule has 1 aliphatic heterocycles. The molecule has 1 atom stereocenters. The van der Waals surface area contributed by atoms with E-state index in [-0.39, 0.29) is 23.9 Å². The monoisotopic (exact) mass is 345 g/mol. The smallest absolute Gasteiger partial charge is 0.290 e. The number of hydrogen-bond donors (Lipinski definition) is 1. The molecule has 0 fully saturated rings. The van der Waals surface area contributed by atoms with Gasteiger partial charge in [0.25, 0.3) is 5.91 Å². The van der Waals surface area contributed by atoms with Gasteiger partial charge in [-0.1, -0.05) is 32.4 Å². The fourth-order valence-electron chi connectivity index (χ4n) is 3.04. The molecule has 5 heteroatoms. The molecule has 1 aromatic carbocycles. The molecule has 0 aromatic heterocycles. The highest BCUT2D eigenvalue weighted by molar-refractivity contribution is 6.08. The quantitative estimate of drug-likeness (QED) is 0.775. The zero-order valence-electron chi connectivity index (χ0n) is 15.4. The first-order chi connectivity index (χ1) is 11.9. The highest BCUT2D eigenvalue weighted by Crippen LogP contribution is 2.38. The standard InChI is InChI=1S/C20H27NO4/c1-5-7-12-21-18(17(16(22)6-2)19(23)20(21)24)14-8-10-15(11-9-14)25-13(3)4/h8-11,13,18,23H,5-7,12H2,1-4H3. The number of carbonyl (C=O) groups is 2. The second-order valence-corrected chi connectivity index (χ2v) is 6.53. The van der Waals surface area contributed by atoms with Gasteiger partial charge in [-0.25, -0.2) is 0 Å². The van der Waals surface area contributed by atoms with E-state index in [9.17, 15) is 14.7 Å². The first-order valence-electron chi connectivity index (χ1n) is 8.94. The van der Waals surface area contributed by atoms with Crippen molar-refractivity contribution in [1.82, 2.24) is 4.90 Å². The summed E-state index contributed by atoms with van der Waals surface area (Å²) in [5.41, 5.74) is 1.02. The van der Waals surface area contributed by atoms with Crippen molar-refractivity contribution in [1.29, 1.82) is 0 Å². The molecule has 2 rings (SSSR count). The number of ketones is 1. The Labute approximate surface area is 149 Å². The molecule has 136 valence electrons. The van der Waals surface area contributed by atoms with Crippen LogP contribution in [0.4, 0.5) is 0 Å². The number of ether oxygens (including phenoxy) is 1. The second-order valence-electron chi connectivity index (χ2n) is 6.53. The van der Waals surface area contributed by atoms with Gasteiger partial charge in [0.05, 0.1) is 17.7 Å². The Morgan fingerprint density at radius 1 is 1.24 bits per heavy atom. The molecule has 1 heterocycles. The summed E-state index contributed by atoms with van der Waals surface area (Å²) >= 11 is 0. The van der Waals surface area contributed by atoms with Crippen molar-refractivity contribution < 1.29 is 19.4 Å². The fraction of sp³-hybridized carbons (Fsp3) is 0.500. The van der Waals surface area contributed by atoms with Crippen molar-refractivity contribution in [3.05, 3.63) is 41.2 Å². The number of aliphatic hydroxyl groups excluding tert-OH is 1. The number of rotatable bonds is 8. The van der Waals surface area contributed by atoms with Gasteiger partial charge >= 0.3 is 0 Å². The minimum Gasteiger partial charge on any atom is -0.503 e. The van der Waals surface area contributed by atoms with Gasteiger partial charge in [0, 0.05) is 13.0 Å². The number of Topliss-reactive ketones (excluding diaryl/α,β-unsaturated/α-hetero) is 1. The van der Waals surface area contributed by atoms with Crippen LogP contribution in [0.3, 0.4) is 0 Å². The summed E-state index contributed by atoms with van der Waals surface area (Å²) in [5, 5.41) is 10.3. The van der Waals surface area contributed by atoms with Crippen molar-refractivity contribution in [3.8, 4) is 5.75 Å². The van der Waals surface area contributed by atoms with Crippen LogP contribution < -0.4 is 4.74 Å². The van der Waals surface area contributed by atoms with Crippen LogP contribution in [-0.2, 0) is 9.59 Å². The average Bonchev–Trinajstić information content (AvgIpc) is 2.84. The van der Waals surface area contributed by atoms with Gasteiger partial charge in [-0.15, -0.1) is 0 Å². The van der Waals surface area contributed by atoms with Gasteiger partial charge in [0.15, 0.2) is 11.5 Å². The molecule has 25 heavy (non-hydrogen) atoms. The lowest BCUT2D eigenvalue weighted by Crippen LogP contribution is -2.32. The molecule has 1 amide bonds. The predicted octanol–water partition coefficient (Wildman–Crippen LogP) is 3.95. The number of unbranched alkanes of at least 4 members (excludes halogenated alkanes) is 1. The summed E-state index contributed by atoms with van der Waals surface area (Å²) in [5.74, 6) is -0.328. The number of hydrogen-bond acceptors (Lipinski definition) is 4. The topological polar surface area (TPSA) is 66.8 Å². The number of nitrogens with zero attached hydrogens (tertiary/aromatic N) is 1. The van der Waals surface area contributed by atoms with Crippen LogP contribution in [0.15, 0.2) is 35.6 Å². The van der Waals surface area contributed by atoms with E-state index in [1.165, 1.54) is 0 Å². The zero-order valence-corrected chi connectivity index (χ0v) is 15.4. The van der Waals surface area contributed by atoms with Crippen molar-refractivity contribution in [3.63, 3.8) is 0 Å². The molecular formula is C20H27NO4. The zero-order chi connectivity index (χ0) is 18.6. The van der Waals surface area contributed by atoms with Gasteiger partial charge in [0.2, 0.25) is 0 Å². The molecule has 0 spiro atoms. The SMILES string of the molecule is CCCCN1C(=O)C(O)=C(C(=O)CC)C1c1ccc(OC(C)C)cc1. The van der Waals surface area contributed by atoms with Crippen LogP contribution in [0.2, 0.25) is 0 Å². The average molecular weight is 345 g/mol. The summed E-state index contributed by atoms with van der Waals surface area (Å²) in [7, 11) is 0. The maximum atomic E-state index is 12.5. The van der Waals surface area contributed by atoms with E-state index in [1.807, 2.05) is 45.0 Å². The van der Waals surface area contributed by atoms with Crippen LogP contribution in [-0.4, -0.2) is 34.3 Å². The first kappa shape index (κ1) is 19.0. The van der Waals surface area contributed by atoms with Gasteiger partial charge in [-0.2, -0.15) is 0 Å². The molecule has 0 bridgehead atoms. The van der Waals surface area contributed by atoms with Crippen LogP contribution in [0, 0.1) is 0 Å². The Bertz CT molecular complexity index is 661. The summed E-state index contributed by atoms with van der Waals surface area (Å²) in [6.07, 6.45) is 2.06. The molecular weight excluding hydrogens is 318 g/mol. The largest absolute Gasteiger partial charge is 0.503 e. The Hall–Kier alpha value is -2.30. The normalized spacial score (nSPS) is 17.6. The van der Waals surface area contributed by atoms with Crippen LogP contribution in [0.1, 0.15) is 58.6 Å². The molecule has 1 unspecified atom stereocenters. The van der Waals surface area contributed by atoms with Crippen molar-refractivity contribution in [2.45, 2.75) is 59.1 Å². The number of aliphatic hydroxyl groups is 1. The van der Waals surface area contributed by atoms with Crippen LogP contribution >= 0.6 is 0 Å². The third-order valence-electron chi connectivity index (χ3n) is 4.25. The summed E-state index contributed by atoms with van der Waals surface area (Å²) < 4.78 is 5.65. The summed E-state index contributed by atoms with van der Waals surface area (Å²) in [4.78, 5) is 26.4. The van der Waals surface area contributed by atoms with E-state index in [4.69, 9.17) is 4.74 Å². The second kappa shape index (κ2) is 8.19. The van der Waals surface area contributed by atoms with Crippen molar-refractivity contribution >= 4 is 11.7 Å². The molecule has 1 N–H and O–H groups in total. The summed E-state index contributed by atoms with van der Waals surface area (Å²) in [6.45, 7) is 8.19. The van der Waals surface area contributed by atoms with Crippen molar-refractivity contribution in [2.24, 2.45) is 0 Å². The predicted molar refractivity (Wildman–Crippen MR) is 96.5 cm³/mol. The van der Waals surface area contributed by atoms with Crippen LogP contribution in [0.25, 0.3) is 0 Å². The van der Waals surface area contributed by atoms with Gasteiger partial charge in [0.1, 0.15) is 5.75 Å². The van der Waals surface area contributed by atoms with E-state index in [1.54, 1.807) is 11.8 Å². The Balaban J connectivity index is 2.40. The lowest BCUT2D eigenvalue weighted by atomic mass is 9.95. The van der Waals surface area contributed by atoms with Crippen molar-refractivity contribution in [2.75, 3.05) is 6.54 Å². The van der Waals surface area contributed by atoms with E-state index < -0.39 is 17.7 Å². The molecule has 0 aliphatic carbocycles. The minimum atomic E-state index is -0.528. The third kappa shape index (κ3) is 4.03. The van der Waals surface area contributed by atoms with Gasteiger partial charge in [-0.3, -0.25) is 9.59 Å². The molecule has 0 saturated heterocycles. The maximum absolute atomic E-state index is 12.5. The lowest BCUT2D eigenvalue weighted by Gasteiger charge is -2.27. The highest BCUT2D eigenvalue weighted by Gasteiger charge is 2.42. The van der Waals surface area contributed by atoms with E-state index in [2.05, 4.69) is 0 Å². The molecule has 0 radical (unpaired) electrons. The Kier molecular flexibility index (Phi) is 6.23. The Morgan fingerprint density at radius 3 is 2.40 bits per heavy atom. The fourth-order valence-corrected chi connectivity index (χ4v) is 3.04. The van der Waals surface area contributed by atoms with Gasteiger partial charge < -0.3 is 14.7 Å². The van der Waals surface area contributed by atoms with E-state index >= 15 is 0 Å². The molecule has 1 aliphatic rings. The minimum absolute atomic E-state index is 0.0705. The third-order valence-corrected chi connectivity index (χ3v) is 4.25. The van der Waals surface area contributed by atoms with E-state index in [0.29, 0.717) is 6.54 Å². The first-order valence-corrected chi connectivity index (χ1v) is 8.94. The van der Waals surface area contributed by atoms with E-state index in [0.717, 1.165) is 24.2 Å². The molecule has 1 aromatic rings. The maximum Gasteiger partial charge on any atom is 0.290 e. The van der Waals surface area contributed by atoms with Gasteiger partial charge in [-0.05, 0) is 38.0 Å². The number of carbonyl (C=O) groups excluding carboxylic acids is 2. The number of amides is 1. The molecule has 5 nitrogen and oxygen atoms in total. The lowest BCUT2D eigenvalue weighted by molar-refractivity contribution is -0.129. The Morgan fingerprint density at radius 2 is 1.88 bits per heavy atom. The molecule has 0 saturated carbocycles. The van der Waals surface area contributed by atoms with Crippen LogP contribution in [0.5, 0.6) is 5.75 Å². The summed E-state index contributed by atoms with van der Waals surface area (Å²) in [6, 6.07) is 6.86. The number of benzene rings is 1. The highest BCUT2D eigenvalue weighted by atomic mass is 16.5.